The van der Waals surface area contributed by atoms with Gasteiger partial charge in [0.15, 0.2) is 11.6 Å². The number of halogens is 2. The van der Waals surface area contributed by atoms with Crippen molar-refractivity contribution >= 4 is 5.97 Å². The fourth-order valence-corrected chi connectivity index (χ4v) is 3.55. The monoisotopic (exact) mass is 385 g/mol. The van der Waals surface area contributed by atoms with E-state index in [-0.39, 0.29) is 5.92 Å². The highest BCUT2D eigenvalue weighted by Crippen LogP contribution is 2.37. The summed E-state index contributed by atoms with van der Waals surface area (Å²) in [5.74, 6) is -2.81. The van der Waals surface area contributed by atoms with Crippen LogP contribution in [0, 0.1) is 28.9 Å². The Morgan fingerprint density at radius 3 is 2.36 bits per heavy atom. The van der Waals surface area contributed by atoms with Crippen LogP contribution in [0.4, 0.5) is 8.78 Å². The lowest BCUT2D eigenvalue weighted by molar-refractivity contribution is -0.140. The van der Waals surface area contributed by atoms with E-state index in [0.29, 0.717) is 25.4 Å². The number of hydrogen-bond acceptors (Lipinski definition) is 4. The van der Waals surface area contributed by atoms with E-state index in [1.165, 1.54) is 5.56 Å². The van der Waals surface area contributed by atoms with Crippen molar-refractivity contribution in [1.29, 1.82) is 5.26 Å². The van der Waals surface area contributed by atoms with E-state index in [2.05, 4.69) is 0 Å². The van der Waals surface area contributed by atoms with Gasteiger partial charge in [0, 0.05) is 0 Å². The Balaban J connectivity index is 1.58. The molecule has 3 rings (SSSR count). The second-order valence-electron chi connectivity index (χ2n) is 6.82. The summed E-state index contributed by atoms with van der Waals surface area (Å²) in [4.78, 5) is 12.4. The molecule has 2 aromatic carbocycles. The van der Waals surface area contributed by atoms with Gasteiger partial charge in [0.2, 0.25) is 5.82 Å². The van der Waals surface area contributed by atoms with Gasteiger partial charge in [0.1, 0.15) is 11.8 Å². The molecule has 28 heavy (non-hydrogen) atoms. The summed E-state index contributed by atoms with van der Waals surface area (Å²) >= 11 is 0. The highest BCUT2D eigenvalue weighted by molar-refractivity contribution is 5.75. The maximum Gasteiger partial charge on any atom is 0.314 e. The molecule has 0 aliphatic heterocycles. The number of carbonyl (C=O) groups is 1. The molecule has 0 spiro atoms. The minimum Gasteiger partial charge on any atom is -0.494 e. The zero-order valence-electron chi connectivity index (χ0n) is 15.6. The first-order valence-electron chi connectivity index (χ1n) is 9.36. The Labute approximate surface area is 162 Å². The van der Waals surface area contributed by atoms with Gasteiger partial charge in [0.05, 0.1) is 18.1 Å². The van der Waals surface area contributed by atoms with E-state index in [4.69, 9.17) is 14.7 Å². The summed E-state index contributed by atoms with van der Waals surface area (Å²) in [5.41, 5.74) is 0.781. The van der Waals surface area contributed by atoms with Crippen molar-refractivity contribution in [3.63, 3.8) is 0 Å². The Morgan fingerprint density at radius 2 is 1.75 bits per heavy atom. The molecule has 1 saturated carbocycles. The summed E-state index contributed by atoms with van der Waals surface area (Å²) in [6.45, 7) is 2.56. The average Bonchev–Trinajstić information content (AvgIpc) is 2.72. The second kappa shape index (κ2) is 8.83. The summed E-state index contributed by atoms with van der Waals surface area (Å²) in [6.07, 6.45) is 2.88. The molecule has 0 bridgehead atoms. The standard InChI is InChI=1S/C22H21F2NO3/c1-2-27-18-10-7-15(8-11-18)14-3-5-16(6-4-14)22(26)28-19-12-9-17(13-25)20(23)21(19)24/h7-12,14,16H,2-6H2,1H3/t14-,16-. The van der Waals surface area contributed by atoms with Crippen molar-refractivity contribution in [2.75, 3.05) is 6.61 Å². The number of rotatable bonds is 5. The van der Waals surface area contributed by atoms with E-state index in [9.17, 15) is 13.6 Å². The molecule has 0 heterocycles. The number of carbonyl (C=O) groups excluding carboxylic acids is 1. The third-order valence-corrected chi connectivity index (χ3v) is 5.10. The molecule has 0 N–H and O–H groups in total. The number of nitrogens with zero attached hydrogens (tertiary/aromatic N) is 1. The highest BCUT2D eigenvalue weighted by atomic mass is 19.2. The maximum atomic E-state index is 13.9. The largest absolute Gasteiger partial charge is 0.494 e. The van der Waals surface area contributed by atoms with E-state index < -0.39 is 28.9 Å². The topological polar surface area (TPSA) is 59.3 Å². The molecule has 2 aromatic rings. The van der Waals surface area contributed by atoms with Crippen molar-refractivity contribution in [2.24, 2.45) is 5.92 Å². The number of esters is 1. The van der Waals surface area contributed by atoms with E-state index in [0.717, 1.165) is 30.7 Å². The van der Waals surface area contributed by atoms with Gasteiger partial charge < -0.3 is 9.47 Å². The predicted molar refractivity (Wildman–Crippen MR) is 99.0 cm³/mol. The summed E-state index contributed by atoms with van der Waals surface area (Å²) in [6, 6.07) is 11.7. The first kappa shape index (κ1) is 19.8. The molecule has 1 fully saturated rings. The average molecular weight is 385 g/mol. The molecule has 4 nitrogen and oxygen atoms in total. The van der Waals surface area contributed by atoms with Gasteiger partial charge >= 0.3 is 5.97 Å². The van der Waals surface area contributed by atoms with E-state index in [1.54, 1.807) is 6.07 Å². The Bertz CT molecular complexity index is 882. The zero-order chi connectivity index (χ0) is 20.1. The van der Waals surface area contributed by atoms with Gasteiger partial charge in [-0.2, -0.15) is 9.65 Å². The van der Waals surface area contributed by atoms with Gasteiger partial charge in [-0.05, 0) is 68.4 Å². The van der Waals surface area contributed by atoms with Crippen LogP contribution >= 0.6 is 0 Å². The van der Waals surface area contributed by atoms with Crippen molar-refractivity contribution in [2.45, 2.75) is 38.5 Å². The first-order chi connectivity index (χ1) is 13.5. The zero-order valence-corrected chi connectivity index (χ0v) is 15.6. The fraction of sp³-hybridized carbons (Fsp3) is 0.364. The van der Waals surface area contributed by atoms with Crippen LogP contribution in [0.2, 0.25) is 0 Å². The van der Waals surface area contributed by atoms with Crippen LogP contribution in [0.25, 0.3) is 0 Å². The number of benzene rings is 2. The number of ether oxygens (including phenoxy) is 2. The summed E-state index contributed by atoms with van der Waals surface area (Å²) < 4.78 is 38.1. The molecule has 146 valence electrons. The van der Waals surface area contributed by atoms with Crippen LogP contribution in [-0.4, -0.2) is 12.6 Å². The van der Waals surface area contributed by atoms with Crippen molar-refractivity contribution < 1.29 is 23.0 Å². The maximum absolute atomic E-state index is 13.9. The SMILES string of the molecule is CCOc1ccc([C@H]2CC[C@H](C(=O)Oc3ccc(C#N)c(F)c3F)CC2)cc1. The minimum absolute atomic E-state index is 0.350. The molecule has 1 aliphatic carbocycles. The van der Waals surface area contributed by atoms with Gasteiger partial charge in [0.25, 0.3) is 0 Å². The molecule has 1 aliphatic rings. The van der Waals surface area contributed by atoms with E-state index in [1.807, 2.05) is 31.2 Å². The van der Waals surface area contributed by atoms with Gasteiger partial charge in [-0.25, -0.2) is 4.39 Å². The first-order valence-corrected chi connectivity index (χ1v) is 9.36. The molecular formula is C22H21F2NO3. The van der Waals surface area contributed by atoms with Crippen molar-refractivity contribution in [3.05, 3.63) is 59.2 Å². The summed E-state index contributed by atoms with van der Waals surface area (Å²) in [7, 11) is 0. The van der Waals surface area contributed by atoms with Crippen molar-refractivity contribution in [3.8, 4) is 17.6 Å². The second-order valence-corrected chi connectivity index (χ2v) is 6.82. The predicted octanol–water partition coefficient (Wildman–Crippen LogP) is 5.11. The van der Waals surface area contributed by atoms with Crippen LogP contribution in [-0.2, 0) is 4.79 Å². The lowest BCUT2D eigenvalue weighted by atomic mass is 9.79. The van der Waals surface area contributed by atoms with Crippen molar-refractivity contribution in [1.82, 2.24) is 0 Å². The van der Waals surface area contributed by atoms with Gasteiger partial charge in [-0.3, -0.25) is 4.79 Å². The normalized spacial score (nSPS) is 18.9. The smallest absolute Gasteiger partial charge is 0.314 e. The van der Waals surface area contributed by atoms with Gasteiger partial charge in [-0.1, -0.05) is 12.1 Å². The molecule has 0 radical (unpaired) electrons. The molecule has 0 saturated heterocycles. The molecule has 0 amide bonds. The van der Waals surface area contributed by atoms with Crippen LogP contribution < -0.4 is 9.47 Å². The molecule has 0 unspecified atom stereocenters. The van der Waals surface area contributed by atoms with E-state index >= 15 is 0 Å². The lowest BCUT2D eigenvalue weighted by Gasteiger charge is -2.27. The Hall–Kier alpha value is -2.94. The Morgan fingerprint density at radius 1 is 1.07 bits per heavy atom. The molecular weight excluding hydrogens is 364 g/mol. The molecule has 6 heteroatoms. The van der Waals surface area contributed by atoms with Gasteiger partial charge in [-0.15, -0.1) is 0 Å². The number of hydrogen-bond donors (Lipinski definition) is 0. The minimum atomic E-state index is -1.31. The van der Waals surface area contributed by atoms with Crippen LogP contribution in [0.1, 0.15) is 49.7 Å². The quantitative estimate of drug-likeness (QED) is 0.530. The number of nitriles is 1. The van der Waals surface area contributed by atoms with Crippen LogP contribution in [0.3, 0.4) is 0 Å². The molecule has 0 atom stereocenters. The Kier molecular flexibility index (Phi) is 6.25. The lowest BCUT2D eigenvalue weighted by Crippen LogP contribution is -2.25. The summed E-state index contributed by atoms with van der Waals surface area (Å²) in [5, 5.41) is 8.71. The van der Waals surface area contributed by atoms with Crippen LogP contribution in [0.15, 0.2) is 36.4 Å². The van der Waals surface area contributed by atoms with Crippen LogP contribution in [0.5, 0.6) is 11.5 Å². The third kappa shape index (κ3) is 4.30. The third-order valence-electron chi connectivity index (χ3n) is 5.10. The fourth-order valence-electron chi connectivity index (χ4n) is 3.55. The molecule has 0 aromatic heterocycles. The highest BCUT2D eigenvalue weighted by Gasteiger charge is 2.29.